The summed E-state index contributed by atoms with van der Waals surface area (Å²) in [5.74, 6) is 0. The first-order valence-electron chi connectivity index (χ1n) is 7.37. The molecule has 0 radical (unpaired) electrons. The van der Waals surface area contributed by atoms with Crippen LogP contribution >= 0.6 is 0 Å². The minimum absolute atomic E-state index is 0.603. The molecule has 0 unspecified atom stereocenters. The first-order chi connectivity index (χ1) is 11.5. The summed E-state index contributed by atoms with van der Waals surface area (Å²) in [4.78, 5) is 0. The molecule has 0 aliphatic heterocycles. The van der Waals surface area contributed by atoms with Crippen molar-refractivity contribution < 1.29 is 13.2 Å². The Morgan fingerprint density at radius 3 is 1.29 bits per heavy atom. The molecule has 0 saturated carbocycles. The Kier molecular flexibility index (Phi) is 4.42. The molecule has 5 heteroatoms. The van der Waals surface area contributed by atoms with Crippen LogP contribution in [-0.4, -0.2) is 0 Å². The molecule has 122 valence electrons. The van der Waals surface area contributed by atoms with Crippen LogP contribution in [0.25, 0.3) is 0 Å². The fourth-order valence-corrected chi connectivity index (χ4v) is 2.23. The molecule has 3 rings (SSSR count). The molecule has 0 spiro atoms. The van der Waals surface area contributed by atoms with Crippen molar-refractivity contribution in [1.82, 2.24) is 0 Å². The molecule has 2 N–H and O–H groups in total. The molecule has 0 fully saturated rings. The van der Waals surface area contributed by atoms with E-state index in [1.165, 1.54) is 12.1 Å². The van der Waals surface area contributed by atoms with Crippen molar-refractivity contribution in [2.24, 2.45) is 0 Å². The number of hydrogen-bond acceptors (Lipinski definition) is 2. The molecule has 2 nitrogen and oxygen atoms in total. The molecular formula is C19H15F3N2. The average molecular weight is 328 g/mol. The lowest BCUT2D eigenvalue weighted by atomic mass is 10.2. The summed E-state index contributed by atoms with van der Waals surface area (Å²) in [7, 11) is 0. The van der Waals surface area contributed by atoms with Crippen molar-refractivity contribution in [1.29, 1.82) is 0 Å². The van der Waals surface area contributed by atoms with Crippen LogP contribution in [0.2, 0.25) is 0 Å². The molecule has 0 bridgehead atoms. The van der Waals surface area contributed by atoms with Gasteiger partial charge in [-0.05, 0) is 60.7 Å². The van der Waals surface area contributed by atoms with E-state index in [1.807, 2.05) is 54.6 Å². The second-order valence-electron chi connectivity index (χ2n) is 5.27. The number of para-hydroxylation sites is 1. The molecule has 0 atom stereocenters. The second-order valence-corrected chi connectivity index (χ2v) is 5.27. The predicted octanol–water partition coefficient (Wildman–Crippen LogP) is 6.19. The summed E-state index contributed by atoms with van der Waals surface area (Å²) in [6.45, 7) is 0. The molecular weight excluding hydrogens is 313 g/mol. The highest BCUT2D eigenvalue weighted by Gasteiger charge is 2.29. The van der Waals surface area contributed by atoms with Gasteiger partial charge in [-0.2, -0.15) is 13.2 Å². The topological polar surface area (TPSA) is 24.1 Å². The predicted molar refractivity (Wildman–Crippen MR) is 90.9 cm³/mol. The van der Waals surface area contributed by atoms with Gasteiger partial charge >= 0.3 is 6.18 Å². The van der Waals surface area contributed by atoms with Crippen LogP contribution in [0, 0.1) is 0 Å². The van der Waals surface area contributed by atoms with Gasteiger partial charge in [0.1, 0.15) is 0 Å². The molecule has 0 aromatic heterocycles. The summed E-state index contributed by atoms with van der Waals surface area (Å²) in [5, 5.41) is 6.34. The van der Waals surface area contributed by atoms with Crippen molar-refractivity contribution in [2.75, 3.05) is 10.6 Å². The van der Waals surface area contributed by atoms with E-state index in [2.05, 4.69) is 10.6 Å². The first-order valence-corrected chi connectivity index (χ1v) is 7.37. The van der Waals surface area contributed by atoms with E-state index in [4.69, 9.17) is 0 Å². The average Bonchev–Trinajstić information content (AvgIpc) is 2.57. The third-order valence-electron chi connectivity index (χ3n) is 3.45. The quantitative estimate of drug-likeness (QED) is 0.596. The number of hydrogen-bond donors (Lipinski definition) is 2. The van der Waals surface area contributed by atoms with Crippen LogP contribution in [-0.2, 0) is 6.18 Å². The van der Waals surface area contributed by atoms with Crippen LogP contribution in [0.4, 0.5) is 35.9 Å². The SMILES string of the molecule is FC(F)(F)c1ccc(Nc2ccc(Nc3ccccc3)cc2)cc1. The first kappa shape index (κ1) is 15.9. The molecule has 0 aliphatic rings. The van der Waals surface area contributed by atoms with Crippen LogP contribution in [0.15, 0.2) is 78.9 Å². The van der Waals surface area contributed by atoms with Gasteiger partial charge in [-0.1, -0.05) is 18.2 Å². The second kappa shape index (κ2) is 6.66. The highest BCUT2D eigenvalue weighted by molar-refractivity contribution is 5.65. The van der Waals surface area contributed by atoms with Crippen molar-refractivity contribution in [3.8, 4) is 0 Å². The van der Waals surface area contributed by atoms with Gasteiger partial charge in [0, 0.05) is 22.7 Å². The number of nitrogens with one attached hydrogen (secondary N) is 2. The van der Waals surface area contributed by atoms with E-state index in [0.29, 0.717) is 5.69 Å². The smallest absolute Gasteiger partial charge is 0.356 e. The number of halogens is 3. The van der Waals surface area contributed by atoms with E-state index >= 15 is 0 Å². The Labute approximate surface area is 138 Å². The van der Waals surface area contributed by atoms with Gasteiger partial charge in [0.15, 0.2) is 0 Å². The van der Waals surface area contributed by atoms with Gasteiger partial charge in [0.25, 0.3) is 0 Å². The highest BCUT2D eigenvalue weighted by atomic mass is 19.4. The summed E-state index contributed by atoms with van der Waals surface area (Å²) >= 11 is 0. The van der Waals surface area contributed by atoms with Gasteiger partial charge in [-0.3, -0.25) is 0 Å². The highest BCUT2D eigenvalue weighted by Crippen LogP contribution is 2.30. The van der Waals surface area contributed by atoms with Crippen LogP contribution < -0.4 is 10.6 Å². The van der Waals surface area contributed by atoms with Crippen molar-refractivity contribution >= 4 is 22.7 Å². The van der Waals surface area contributed by atoms with Crippen LogP contribution in [0.3, 0.4) is 0 Å². The lowest BCUT2D eigenvalue weighted by molar-refractivity contribution is -0.137. The van der Waals surface area contributed by atoms with Gasteiger partial charge in [-0.25, -0.2) is 0 Å². The Bertz CT molecular complexity index is 780. The zero-order valence-electron chi connectivity index (χ0n) is 12.6. The van der Waals surface area contributed by atoms with Gasteiger partial charge in [0.2, 0.25) is 0 Å². The normalized spacial score (nSPS) is 11.1. The number of rotatable bonds is 4. The number of anilines is 4. The third kappa shape index (κ3) is 4.07. The third-order valence-corrected chi connectivity index (χ3v) is 3.45. The fourth-order valence-electron chi connectivity index (χ4n) is 2.23. The Morgan fingerprint density at radius 2 is 0.875 bits per heavy atom. The largest absolute Gasteiger partial charge is 0.416 e. The minimum atomic E-state index is -4.32. The van der Waals surface area contributed by atoms with E-state index in [9.17, 15) is 13.2 Å². The molecule has 0 amide bonds. The van der Waals surface area contributed by atoms with Gasteiger partial charge < -0.3 is 10.6 Å². The fraction of sp³-hybridized carbons (Fsp3) is 0.0526. The molecule has 0 heterocycles. The lowest BCUT2D eigenvalue weighted by Crippen LogP contribution is -2.04. The van der Waals surface area contributed by atoms with E-state index in [1.54, 1.807) is 0 Å². The Hall–Kier alpha value is -2.95. The lowest BCUT2D eigenvalue weighted by Gasteiger charge is -2.11. The number of benzene rings is 3. The minimum Gasteiger partial charge on any atom is -0.356 e. The molecule has 3 aromatic rings. The van der Waals surface area contributed by atoms with Crippen molar-refractivity contribution in [3.63, 3.8) is 0 Å². The monoisotopic (exact) mass is 328 g/mol. The Morgan fingerprint density at radius 1 is 0.500 bits per heavy atom. The Balaban J connectivity index is 1.66. The zero-order valence-corrected chi connectivity index (χ0v) is 12.6. The van der Waals surface area contributed by atoms with E-state index < -0.39 is 11.7 Å². The maximum absolute atomic E-state index is 12.5. The molecule has 0 saturated heterocycles. The van der Waals surface area contributed by atoms with E-state index in [-0.39, 0.29) is 0 Å². The van der Waals surface area contributed by atoms with Gasteiger partial charge in [-0.15, -0.1) is 0 Å². The maximum Gasteiger partial charge on any atom is 0.416 e. The van der Waals surface area contributed by atoms with Crippen LogP contribution in [0.5, 0.6) is 0 Å². The summed E-state index contributed by atoms with van der Waals surface area (Å²) in [5.41, 5.74) is 2.66. The molecule has 0 aliphatic carbocycles. The zero-order chi connectivity index (χ0) is 17.0. The standard InChI is InChI=1S/C19H15F3N2/c20-19(21,22)14-6-8-16(9-7-14)24-18-12-10-17(11-13-18)23-15-4-2-1-3-5-15/h1-13,23-24H. The van der Waals surface area contributed by atoms with Crippen LogP contribution in [0.1, 0.15) is 5.56 Å². The summed E-state index contributed by atoms with van der Waals surface area (Å²) in [6, 6.07) is 22.3. The van der Waals surface area contributed by atoms with Gasteiger partial charge in [0.05, 0.1) is 5.56 Å². The molecule has 24 heavy (non-hydrogen) atoms. The summed E-state index contributed by atoms with van der Waals surface area (Å²) in [6.07, 6.45) is -4.32. The van der Waals surface area contributed by atoms with Crippen molar-refractivity contribution in [3.05, 3.63) is 84.4 Å². The molecule has 3 aromatic carbocycles. The number of alkyl halides is 3. The maximum atomic E-state index is 12.5. The summed E-state index contributed by atoms with van der Waals surface area (Å²) < 4.78 is 37.6. The van der Waals surface area contributed by atoms with Crippen molar-refractivity contribution in [2.45, 2.75) is 6.18 Å². The van der Waals surface area contributed by atoms with E-state index in [0.717, 1.165) is 29.2 Å².